The number of ether oxygens (including phenoxy) is 2. The summed E-state index contributed by atoms with van der Waals surface area (Å²) in [6.45, 7) is 0.516. The lowest BCUT2D eigenvalue weighted by Gasteiger charge is -2.27. The van der Waals surface area contributed by atoms with Crippen molar-refractivity contribution in [1.82, 2.24) is 19.7 Å². The van der Waals surface area contributed by atoms with Gasteiger partial charge in [0.2, 0.25) is 0 Å². The van der Waals surface area contributed by atoms with Crippen LogP contribution in [0.5, 0.6) is 5.75 Å². The van der Waals surface area contributed by atoms with Crippen LogP contribution in [0.15, 0.2) is 24.7 Å². The van der Waals surface area contributed by atoms with Gasteiger partial charge in [0.15, 0.2) is 5.75 Å². The van der Waals surface area contributed by atoms with E-state index in [9.17, 15) is 18.0 Å². The number of amides is 1. The number of hydrogen-bond acceptors (Lipinski definition) is 4. The van der Waals surface area contributed by atoms with Crippen LogP contribution in [0.4, 0.5) is 13.2 Å². The molecule has 0 saturated carbocycles. The zero-order chi connectivity index (χ0) is 18.2. The Morgan fingerprint density at radius 1 is 1.48 bits per heavy atom. The molecule has 1 aliphatic rings. The van der Waals surface area contributed by atoms with Crippen LogP contribution in [0.2, 0.25) is 0 Å². The zero-order valence-electron chi connectivity index (χ0n) is 13.6. The summed E-state index contributed by atoms with van der Waals surface area (Å²) in [4.78, 5) is 15.9. The Balaban J connectivity index is 1.71. The van der Waals surface area contributed by atoms with Gasteiger partial charge in [-0.25, -0.2) is 0 Å². The third kappa shape index (κ3) is 3.63. The fourth-order valence-corrected chi connectivity index (χ4v) is 2.67. The zero-order valence-corrected chi connectivity index (χ0v) is 13.6. The number of halogens is 3. The number of nitrogens with zero attached hydrogens (tertiary/aromatic N) is 3. The van der Waals surface area contributed by atoms with E-state index in [1.807, 2.05) is 0 Å². The highest BCUT2D eigenvalue weighted by Crippen LogP contribution is 2.29. The number of hydrogen-bond donors (Lipinski definition) is 1. The molecule has 2 aromatic heterocycles. The maximum Gasteiger partial charge on any atom is 0.431 e. The van der Waals surface area contributed by atoms with Crippen molar-refractivity contribution in [1.29, 1.82) is 0 Å². The van der Waals surface area contributed by atoms with Crippen LogP contribution in [-0.2, 0) is 18.0 Å². The molecule has 0 unspecified atom stereocenters. The van der Waals surface area contributed by atoms with Crippen LogP contribution in [0, 0.1) is 0 Å². The highest BCUT2D eigenvalue weighted by atomic mass is 19.4. The minimum Gasteiger partial charge on any atom is -0.482 e. The average Bonchev–Trinajstić information content (AvgIpc) is 3.26. The van der Waals surface area contributed by atoms with Crippen LogP contribution >= 0.6 is 0 Å². The number of aryl methyl sites for hydroxylation is 1. The van der Waals surface area contributed by atoms with Gasteiger partial charge in [-0.1, -0.05) is 0 Å². The van der Waals surface area contributed by atoms with E-state index in [1.165, 1.54) is 11.9 Å². The first kappa shape index (κ1) is 17.3. The topological polar surface area (TPSA) is 72.4 Å². The minimum atomic E-state index is -4.53. The van der Waals surface area contributed by atoms with E-state index in [-0.39, 0.29) is 18.8 Å². The molecular formula is C15H17F3N4O3. The number of alkyl halides is 3. The van der Waals surface area contributed by atoms with Crippen molar-refractivity contribution in [3.05, 3.63) is 35.9 Å². The van der Waals surface area contributed by atoms with Crippen LogP contribution in [-0.4, -0.2) is 58.0 Å². The summed E-state index contributed by atoms with van der Waals surface area (Å²) < 4.78 is 50.8. The van der Waals surface area contributed by atoms with E-state index < -0.39 is 29.9 Å². The number of carbonyl (C=O) groups excluding carboxylic acids is 1. The van der Waals surface area contributed by atoms with Crippen LogP contribution < -0.4 is 4.74 Å². The lowest BCUT2D eigenvalue weighted by molar-refractivity contribution is -0.140. The predicted molar refractivity (Wildman–Crippen MR) is 80.1 cm³/mol. The van der Waals surface area contributed by atoms with Crippen molar-refractivity contribution in [3.63, 3.8) is 0 Å². The van der Waals surface area contributed by atoms with Gasteiger partial charge in [-0.3, -0.25) is 9.48 Å². The standard InChI is InChI=1S/C15H17F3N4O3/c1-21-6-10(5-20-21)25-12-8-24-7-11(12)22(2)14(23)9-3-13(19-4-9)15(16,17)18/h3-6,11-12,19H,7-8H2,1-2H3/t11-,12+/m0/s1. The van der Waals surface area contributed by atoms with Gasteiger partial charge in [-0.2, -0.15) is 18.3 Å². The van der Waals surface area contributed by atoms with Crippen LogP contribution in [0.3, 0.4) is 0 Å². The molecule has 136 valence electrons. The molecule has 2 aromatic rings. The summed E-state index contributed by atoms with van der Waals surface area (Å²) in [6.07, 6.45) is -0.689. The van der Waals surface area contributed by atoms with Crippen molar-refractivity contribution < 1.29 is 27.4 Å². The second-order valence-corrected chi connectivity index (χ2v) is 5.83. The molecule has 10 heteroatoms. The molecule has 0 bridgehead atoms. The van der Waals surface area contributed by atoms with Crippen LogP contribution in [0.25, 0.3) is 0 Å². The van der Waals surface area contributed by atoms with Gasteiger partial charge in [0, 0.05) is 20.3 Å². The Labute approximate surface area is 141 Å². The molecular weight excluding hydrogens is 341 g/mol. The van der Waals surface area contributed by atoms with Crippen molar-refractivity contribution in [3.8, 4) is 5.75 Å². The number of aromatic nitrogens is 3. The van der Waals surface area contributed by atoms with E-state index in [0.717, 1.165) is 12.3 Å². The SMILES string of the molecule is CN(C(=O)c1c[nH]c(C(F)(F)F)c1)[C@H]1COC[C@H]1Oc1cnn(C)c1. The quantitative estimate of drug-likeness (QED) is 0.903. The van der Waals surface area contributed by atoms with Crippen LogP contribution in [0.1, 0.15) is 16.1 Å². The summed E-state index contributed by atoms with van der Waals surface area (Å²) in [5.41, 5.74) is -1.03. The lowest BCUT2D eigenvalue weighted by Crippen LogP contribution is -2.46. The van der Waals surface area contributed by atoms with Gasteiger partial charge in [-0.05, 0) is 6.07 Å². The van der Waals surface area contributed by atoms with Crippen molar-refractivity contribution in [2.24, 2.45) is 7.05 Å². The molecule has 1 amide bonds. The summed E-state index contributed by atoms with van der Waals surface area (Å²) in [5.74, 6) is -0.00751. The molecule has 0 spiro atoms. The van der Waals surface area contributed by atoms with Gasteiger partial charge in [-0.15, -0.1) is 0 Å². The number of likely N-dealkylation sites (N-methyl/N-ethyl adjacent to an activating group) is 1. The largest absolute Gasteiger partial charge is 0.482 e. The van der Waals surface area contributed by atoms with E-state index in [1.54, 1.807) is 24.1 Å². The molecule has 1 N–H and O–H groups in total. The van der Waals surface area contributed by atoms with E-state index in [4.69, 9.17) is 9.47 Å². The summed E-state index contributed by atoms with van der Waals surface area (Å²) in [7, 11) is 3.26. The Hall–Kier alpha value is -2.49. The molecule has 0 aliphatic carbocycles. The molecule has 3 rings (SSSR count). The number of H-pyrrole nitrogens is 1. The average molecular weight is 358 g/mol. The van der Waals surface area contributed by atoms with E-state index in [2.05, 4.69) is 10.1 Å². The molecule has 2 atom stereocenters. The van der Waals surface area contributed by atoms with E-state index >= 15 is 0 Å². The maximum absolute atomic E-state index is 12.7. The second-order valence-electron chi connectivity index (χ2n) is 5.83. The lowest BCUT2D eigenvalue weighted by atomic mass is 10.1. The van der Waals surface area contributed by atoms with Crippen molar-refractivity contribution in [2.45, 2.75) is 18.3 Å². The van der Waals surface area contributed by atoms with Gasteiger partial charge in [0.25, 0.3) is 5.91 Å². The smallest absolute Gasteiger partial charge is 0.431 e. The monoisotopic (exact) mass is 358 g/mol. The Morgan fingerprint density at radius 2 is 2.24 bits per heavy atom. The number of aromatic amines is 1. The van der Waals surface area contributed by atoms with Crippen molar-refractivity contribution in [2.75, 3.05) is 20.3 Å². The first-order valence-electron chi connectivity index (χ1n) is 7.51. The number of rotatable bonds is 4. The first-order valence-corrected chi connectivity index (χ1v) is 7.51. The van der Waals surface area contributed by atoms with E-state index in [0.29, 0.717) is 5.75 Å². The normalized spacial score (nSPS) is 20.7. The first-order chi connectivity index (χ1) is 11.8. The predicted octanol–water partition coefficient (Wildman–Crippen LogP) is 1.69. The molecule has 3 heterocycles. The molecule has 1 aliphatic heterocycles. The summed E-state index contributed by atoms with van der Waals surface area (Å²) in [5, 5.41) is 4.00. The molecule has 1 saturated heterocycles. The molecule has 1 fully saturated rings. The third-order valence-corrected chi connectivity index (χ3v) is 4.02. The second kappa shape index (κ2) is 6.43. The van der Waals surface area contributed by atoms with Gasteiger partial charge in [0.1, 0.15) is 11.8 Å². The minimum absolute atomic E-state index is 0.0677. The molecule has 25 heavy (non-hydrogen) atoms. The van der Waals surface area contributed by atoms with Gasteiger partial charge >= 0.3 is 6.18 Å². The van der Waals surface area contributed by atoms with Crippen molar-refractivity contribution >= 4 is 5.91 Å². The number of carbonyl (C=O) groups is 1. The molecule has 7 nitrogen and oxygen atoms in total. The Bertz CT molecular complexity index is 755. The number of nitrogens with one attached hydrogen (secondary N) is 1. The summed E-state index contributed by atoms with van der Waals surface area (Å²) in [6, 6.07) is 0.378. The Kier molecular flexibility index (Phi) is 4.46. The Morgan fingerprint density at radius 3 is 2.84 bits per heavy atom. The highest BCUT2D eigenvalue weighted by molar-refractivity contribution is 5.94. The third-order valence-electron chi connectivity index (χ3n) is 4.02. The fourth-order valence-electron chi connectivity index (χ4n) is 2.67. The molecule has 0 aromatic carbocycles. The maximum atomic E-state index is 12.7. The van der Waals surface area contributed by atoms with Gasteiger partial charge < -0.3 is 19.4 Å². The fraction of sp³-hybridized carbons (Fsp3) is 0.467. The van der Waals surface area contributed by atoms with Gasteiger partial charge in [0.05, 0.1) is 37.2 Å². The molecule has 0 radical (unpaired) electrons. The highest BCUT2D eigenvalue weighted by Gasteiger charge is 2.37. The summed E-state index contributed by atoms with van der Waals surface area (Å²) >= 11 is 0.